The number of ether oxygens (including phenoxy) is 1. The van der Waals surface area contributed by atoms with Crippen LogP contribution in [0.25, 0.3) is 0 Å². The first kappa shape index (κ1) is 26.7. The fraction of sp³-hybridized carbons (Fsp3) is 0.526. The zero-order valence-electron chi connectivity index (χ0n) is 17.7. The van der Waals surface area contributed by atoms with Crippen LogP contribution in [0.4, 0.5) is 4.79 Å². The number of carbonyl (C=O) groups excluding carboxylic acids is 3. The van der Waals surface area contributed by atoms with Crippen LogP contribution in [0.3, 0.4) is 0 Å². The van der Waals surface area contributed by atoms with E-state index in [1.165, 1.54) is 0 Å². The number of hydrogen-bond acceptors (Lipinski definition) is 6. The van der Waals surface area contributed by atoms with E-state index < -0.39 is 35.2 Å². The number of rotatable bonds is 6. The van der Waals surface area contributed by atoms with E-state index in [0.29, 0.717) is 29.3 Å². The summed E-state index contributed by atoms with van der Waals surface area (Å²) < 4.78 is 7.19. The number of amides is 3. The molecule has 1 unspecified atom stereocenters. The molecular weight excluding hydrogens is 672 g/mol. The number of benzene rings is 1. The van der Waals surface area contributed by atoms with Gasteiger partial charge in [-0.25, -0.2) is 20.0 Å². The monoisotopic (exact) mass is 690 g/mol. The maximum Gasteiger partial charge on any atom is 0.426 e. The van der Waals surface area contributed by atoms with E-state index in [4.69, 9.17) is 14.5 Å². The van der Waals surface area contributed by atoms with Crippen molar-refractivity contribution in [3.8, 4) is 0 Å². The minimum atomic E-state index is -0.945. The minimum absolute atomic E-state index is 0.120. The second kappa shape index (κ2) is 9.76. The molecule has 0 saturated heterocycles. The summed E-state index contributed by atoms with van der Waals surface area (Å²) in [5.41, 5.74) is 1.23. The van der Waals surface area contributed by atoms with E-state index in [2.05, 4.69) is 69.1 Å². The third kappa shape index (κ3) is 6.29. The summed E-state index contributed by atoms with van der Waals surface area (Å²) in [5.74, 6) is -1.37. The first-order valence-corrected chi connectivity index (χ1v) is 12.3. The molecule has 0 fully saturated rings. The molecule has 1 atom stereocenters. The van der Waals surface area contributed by atoms with Gasteiger partial charge in [0.15, 0.2) is 0 Å². The summed E-state index contributed by atoms with van der Waals surface area (Å²) in [7, 11) is 0. The normalized spacial score (nSPS) is 15.2. The van der Waals surface area contributed by atoms with Crippen molar-refractivity contribution in [3.05, 3.63) is 29.0 Å². The molecule has 0 radical (unpaired) electrons. The van der Waals surface area contributed by atoms with E-state index in [1.807, 2.05) is 20.8 Å². The number of carbonyl (C=O) groups is 3. The van der Waals surface area contributed by atoms with Gasteiger partial charge in [-0.1, -0.05) is 0 Å². The van der Waals surface area contributed by atoms with Crippen LogP contribution in [0.5, 0.6) is 0 Å². The molecule has 1 N–H and O–H groups in total. The van der Waals surface area contributed by atoms with Crippen molar-refractivity contribution < 1.29 is 28.9 Å². The Balaban J connectivity index is 2.06. The van der Waals surface area contributed by atoms with Gasteiger partial charge in [0.1, 0.15) is 11.7 Å². The molecule has 172 valence electrons. The minimum Gasteiger partial charge on any atom is -0.445 e. The number of halogens is 4. The lowest BCUT2D eigenvalue weighted by Gasteiger charge is -2.30. The van der Waals surface area contributed by atoms with E-state index in [1.54, 1.807) is 20.8 Å². The highest BCUT2D eigenvalue weighted by Crippen LogP contribution is 2.44. The number of hydrogen-bond donors (Lipinski definition) is 1. The predicted octanol–water partition coefficient (Wildman–Crippen LogP) is 6.28. The van der Waals surface area contributed by atoms with Crippen LogP contribution >= 0.6 is 63.7 Å². The lowest BCUT2D eigenvalue weighted by molar-refractivity contribution is -0.399. The summed E-state index contributed by atoms with van der Waals surface area (Å²) in [6.45, 7) is 10.8. The second-order valence-electron chi connectivity index (χ2n) is 8.52. The van der Waals surface area contributed by atoms with Crippen molar-refractivity contribution in [3.63, 3.8) is 0 Å². The smallest absolute Gasteiger partial charge is 0.426 e. The molecule has 1 aliphatic rings. The molecule has 0 spiro atoms. The number of nitrogens with one attached hydrogen (secondary N) is 1. The highest BCUT2D eigenvalue weighted by Gasteiger charge is 2.42. The molecule has 31 heavy (non-hydrogen) atoms. The van der Waals surface area contributed by atoms with E-state index in [9.17, 15) is 14.4 Å². The zero-order chi connectivity index (χ0) is 23.9. The summed E-state index contributed by atoms with van der Waals surface area (Å²) in [4.78, 5) is 48.7. The van der Waals surface area contributed by atoms with Crippen molar-refractivity contribution in [2.75, 3.05) is 0 Å². The van der Waals surface area contributed by atoms with Crippen LogP contribution in [0.1, 0.15) is 68.7 Å². The van der Waals surface area contributed by atoms with Crippen LogP contribution in [0.2, 0.25) is 0 Å². The predicted molar refractivity (Wildman–Crippen MR) is 127 cm³/mol. The Kier molecular flexibility index (Phi) is 8.41. The Labute approximate surface area is 214 Å². The van der Waals surface area contributed by atoms with Crippen LogP contribution < -0.4 is 5.43 Å². The van der Waals surface area contributed by atoms with Crippen LogP contribution in [-0.2, 0) is 14.5 Å². The lowest BCUT2D eigenvalue weighted by atomic mass is 10.0. The largest absolute Gasteiger partial charge is 0.445 e. The third-order valence-corrected chi connectivity index (χ3v) is 8.68. The first-order chi connectivity index (χ1) is 14.1. The third-order valence-electron chi connectivity index (χ3n) is 3.91. The summed E-state index contributed by atoms with van der Waals surface area (Å²) in [6.07, 6.45) is -1.22. The van der Waals surface area contributed by atoms with Crippen molar-refractivity contribution in [2.24, 2.45) is 0 Å². The van der Waals surface area contributed by atoms with Crippen molar-refractivity contribution in [2.45, 2.75) is 65.3 Å². The number of imide groups is 1. The quantitative estimate of drug-likeness (QED) is 0.124. The molecular formula is C19H22Br4N2O6. The Bertz CT molecular complexity index is 882. The Morgan fingerprint density at radius 1 is 0.903 bits per heavy atom. The Hall–Kier alpha value is -0.530. The molecule has 8 nitrogen and oxygen atoms in total. The summed E-state index contributed by atoms with van der Waals surface area (Å²) in [6, 6.07) is 0. The van der Waals surface area contributed by atoms with Crippen molar-refractivity contribution in [1.29, 1.82) is 0 Å². The molecule has 0 saturated carbocycles. The van der Waals surface area contributed by atoms with Crippen LogP contribution in [0.15, 0.2) is 17.9 Å². The molecule has 1 heterocycles. The maximum atomic E-state index is 12.8. The van der Waals surface area contributed by atoms with E-state index >= 15 is 0 Å². The van der Waals surface area contributed by atoms with Gasteiger partial charge < -0.3 is 4.74 Å². The van der Waals surface area contributed by atoms with Gasteiger partial charge in [0, 0.05) is 24.3 Å². The van der Waals surface area contributed by atoms with Gasteiger partial charge in [0.05, 0.1) is 16.7 Å². The van der Waals surface area contributed by atoms with Crippen LogP contribution in [-0.4, -0.2) is 40.2 Å². The fourth-order valence-electron chi connectivity index (χ4n) is 2.76. The topological polar surface area (TPSA) is 94.2 Å². The molecule has 0 aromatic heterocycles. The molecule has 1 aromatic rings. The summed E-state index contributed by atoms with van der Waals surface area (Å²) >= 11 is 13.3. The molecule has 0 aliphatic carbocycles. The number of nitrogens with zero attached hydrogens (tertiary/aromatic N) is 1. The number of fused-ring (bicyclic) bond motifs is 1. The summed E-state index contributed by atoms with van der Waals surface area (Å²) in [5, 5.41) is 0.623. The van der Waals surface area contributed by atoms with E-state index in [-0.39, 0.29) is 11.1 Å². The fourth-order valence-corrected chi connectivity index (χ4v) is 5.21. The SMILES string of the molecule is CC(CC(C)(C)OOC(C)(C)C)OC(=O)NN1C(=O)c2c(Br)c(Br)c(Br)c(Br)c2C1=O. The van der Waals surface area contributed by atoms with Gasteiger partial charge >= 0.3 is 6.09 Å². The first-order valence-electron chi connectivity index (χ1n) is 9.14. The highest BCUT2D eigenvalue weighted by molar-refractivity contribution is 9.15. The lowest BCUT2D eigenvalue weighted by Crippen LogP contribution is -2.47. The van der Waals surface area contributed by atoms with Gasteiger partial charge in [0.2, 0.25) is 0 Å². The van der Waals surface area contributed by atoms with Crippen molar-refractivity contribution in [1.82, 2.24) is 10.4 Å². The number of hydrazine groups is 1. The van der Waals surface area contributed by atoms with E-state index in [0.717, 1.165) is 0 Å². The maximum absolute atomic E-state index is 12.8. The van der Waals surface area contributed by atoms with Gasteiger partial charge in [-0.05, 0) is 105 Å². The van der Waals surface area contributed by atoms with Gasteiger partial charge in [-0.15, -0.1) is 0 Å². The molecule has 1 aromatic carbocycles. The zero-order valence-corrected chi connectivity index (χ0v) is 24.0. The highest BCUT2D eigenvalue weighted by atomic mass is 79.9. The molecule has 2 rings (SSSR count). The molecule has 1 aliphatic heterocycles. The average molecular weight is 694 g/mol. The second-order valence-corrected chi connectivity index (χ2v) is 11.7. The average Bonchev–Trinajstić information content (AvgIpc) is 2.86. The van der Waals surface area contributed by atoms with Crippen LogP contribution in [0, 0.1) is 0 Å². The standard InChI is InChI=1S/C19H22Br4N2O6/c1-8(7-19(5,6)31-30-18(2,3)4)29-17(28)24-25-15(26)9-10(16(25)27)12(21)14(23)13(22)11(9)20/h8H,7H2,1-6H3,(H,24,28). The Morgan fingerprint density at radius 3 is 1.77 bits per heavy atom. The Morgan fingerprint density at radius 2 is 1.35 bits per heavy atom. The van der Waals surface area contributed by atoms with Gasteiger partial charge in [-0.3, -0.25) is 9.59 Å². The molecule has 0 bridgehead atoms. The van der Waals surface area contributed by atoms with Crippen molar-refractivity contribution >= 4 is 81.6 Å². The van der Waals surface area contributed by atoms with Gasteiger partial charge in [0.25, 0.3) is 11.8 Å². The molecule has 12 heteroatoms. The molecule has 3 amide bonds. The van der Waals surface area contributed by atoms with Gasteiger partial charge in [-0.2, -0.15) is 5.01 Å².